The highest BCUT2D eigenvalue weighted by Crippen LogP contribution is 2.43. The number of benzene rings is 1. The molecule has 42 heavy (non-hydrogen) atoms. The largest absolute Gasteiger partial charge is 0.437 e. The maximum Gasteiger partial charge on any atom is 0.277 e. The van der Waals surface area contributed by atoms with E-state index in [1.807, 2.05) is 20.8 Å². The summed E-state index contributed by atoms with van der Waals surface area (Å²) in [6.07, 6.45) is 3.62. The Morgan fingerprint density at radius 1 is 1.19 bits per heavy atom. The number of aliphatic hydroxyl groups excluding tert-OH is 1. The van der Waals surface area contributed by atoms with Crippen molar-refractivity contribution in [2.75, 3.05) is 12.4 Å². The van der Waals surface area contributed by atoms with E-state index in [-0.39, 0.29) is 51.1 Å². The van der Waals surface area contributed by atoms with E-state index in [4.69, 9.17) is 4.74 Å². The smallest absolute Gasteiger partial charge is 0.277 e. The Hall–Kier alpha value is -3.64. The second-order valence-corrected chi connectivity index (χ2v) is 13.2. The second-order valence-electron chi connectivity index (χ2n) is 10.9. The van der Waals surface area contributed by atoms with Gasteiger partial charge in [0.15, 0.2) is 21.3 Å². The van der Waals surface area contributed by atoms with E-state index in [9.17, 15) is 18.3 Å². The van der Waals surface area contributed by atoms with E-state index in [2.05, 4.69) is 22.0 Å². The first-order valence-electron chi connectivity index (χ1n) is 13.6. The lowest BCUT2D eigenvalue weighted by Crippen LogP contribution is -2.32. The molecule has 2 aromatic heterocycles. The van der Waals surface area contributed by atoms with Gasteiger partial charge in [-0.15, -0.1) is 0 Å². The summed E-state index contributed by atoms with van der Waals surface area (Å²) in [5.41, 5.74) is -0.191. The highest BCUT2D eigenvalue weighted by molar-refractivity contribution is 7.91. The van der Waals surface area contributed by atoms with Gasteiger partial charge in [-0.05, 0) is 45.4 Å². The number of halogens is 2. The fourth-order valence-corrected chi connectivity index (χ4v) is 5.31. The minimum Gasteiger partial charge on any atom is -0.437 e. The molecule has 1 atom stereocenters. The van der Waals surface area contributed by atoms with E-state index in [0.29, 0.717) is 5.56 Å². The fourth-order valence-electron chi connectivity index (χ4n) is 4.43. The lowest BCUT2D eigenvalue weighted by molar-refractivity contribution is -0.0161. The molecule has 2 heterocycles. The monoisotopic (exact) mass is 604 g/mol. The minimum absolute atomic E-state index is 0.0294. The van der Waals surface area contributed by atoms with Gasteiger partial charge in [0.05, 0.1) is 40.6 Å². The number of hydrogen-bond donors (Lipinski definition) is 2. The zero-order chi connectivity index (χ0) is 31.5. The van der Waals surface area contributed by atoms with Crippen molar-refractivity contribution in [2.45, 2.75) is 76.8 Å². The molecule has 3 rings (SSSR count). The molecule has 0 radical (unpaired) electrons. The van der Waals surface area contributed by atoms with Gasteiger partial charge in [-0.25, -0.2) is 21.9 Å². The molecule has 0 bridgehead atoms. The minimum atomic E-state index is -3.41. The van der Waals surface area contributed by atoms with Gasteiger partial charge in [-0.1, -0.05) is 45.1 Å². The van der Waals surface area contributed by atoms with Gasteiger partial charge >= 0.3 is 0 Å². The van der Waals surface area contributed by atoms with Crippen molar-refractivity contribution in [2.24, 2.45) is 0 Å². The van der Waals surface area contributed by atoms with Crippen molar-refractivity contribution >= 4 is 21.8 Å². The zero-order valence-corrected chi connectivity index (χ0v) is 25.6. The number of pyridine rings is 1. The van der Waals surface area contributed by atoms with Crippen molar-refractivity contribution in [3.63, 3.8) is 0 Å². The summed E-state index contributed by atoms with van der Waals surface area (Å²) in [4.78, 5) is 17.6. The average molecular weight is 605 g/mol. The van der Waals surface area contributed by atoms with Crippen LogP contribution in [0.5, 0.6) is 11.6 Å². The van der Waals surface area contributed by atoms with Crippen molar-refractivity contribution in [3.8, 4) is 11.6 Å². The summed E-state index contributed by atoms with van der Waals surface area (Å²) >= 11 is 0. The molecule has 3 aromatic rings. The normalized spacial score (nSPS) is 13.1. The molecule has 1 unspecified atom stereocenters. The number of carbonyl (C=O) groups excluding carboxylic acids is 1. The Balaban J connectivity index is 2.03. The number of nitrogens with one attached hydrogen (secondary N) is 1. The van der Waals surface area contributed by atoms with Crippen LogP contribution in [0.4, 0.5) is 8.78 Å². The van der Waals surface area contributed by atoms with Crippen LogP contribution in [-0.2, 0) is 21.3 Å². The van der Waals surface area contributed by atoms with E-state index < -0.39 is 46.3 Å². The van der Waals surface area contributed by atoms with Gasteiger partial charge in [0, 0.05) is 23.7 Å². The number of ether oxygens (including phenoxy) is 1. The summed E-state index contributed by atoms with van der Waals surface area (Å²) in [7, 11) is -3.41. The lowest BCUT2D eigenvalue weighted by atomic mass is 9.99. The molecule has 0 spiro atoms. The first kappa shape index (κ1) is 32.9. The number of amides is 1. The first-order chi connectivity index (χ1) is 19.6. The quantitative estimate of drug-likeness (QED) is 0.263. The van der Waals surface area contributed by atoms with Crippen LogP contribution in [0.2, 0.25) is 0 Å². The molecule has 0 saturated heterocycles. The van der Waals surface area contributed by atoms with Crippen molar-refractivity contribution < 1.29 is 31.8 Å². The molecular formula is C30H38F2N4O5S. The topological polar surface area (TPSA) is 123 Å². The van der Waals surface area contributed by atoms with Gasteiger partial charge in [0.1, 0.15) is 0 Å². The zero-order valence-electron chi connectivity index (χ0n) is 24.7. The van der Waals surface area contributed by atoms with Crippen molar-refractivity contribution in [3.05, 3.63) is 71.2 Å². The summed E-state index contributed by atoms with van der Waals surface area (Å²) in [5.74, 6) is -4.02. The van der Waals surface area contributed by atoms with Crippen LogP contribution in [0.15, 0.2) is 48.1 Å². The third-order valence-electron chi connectivity index (χ3n) is 6.73. The SMILES string of the molecule is C=Cc1cncc(Oc2c(C)c(C(=O)NC(CO)c3ccc(S(=O)(=O)CC)cc3)nn2C(C)(C)C)c1C(F)(F)CCC. The van der Waals surface area contributed by atoms with Gasteiger partial charge in [-0.3, -0.25) is 9.78 Å². The number of alkyl halides is 2. The summed E-state index contributed by atoms with van der Waals surface area (Å²) in [6, 6.07) is 5.03. The van der Waals surface area contributed by atoms with E-state index in [1.54, 1.807) is 20.8 Å². The maximum atomic E-state index is 15.3. The molecule has 12 heteroatoms. The predicted octanol–water partition coefficient (Wildman–Crippen LogP) is 5.93. The number of rotatable bonds is 12. The molecule has 0 aliphatic rings. The highest BCUT2D eigenvalue weighted by Gasteiger charge is 2.37. The third kappa shape index (κ3) is 6.87. The second kappa shape index (κ2) is 12.7. The number of carbonyl (C=O) groups is 1. The molecule has 1 aromatic carbocycles. The lowest BCUT2D eigenvalue weighted by Gasteiger charge is -2.25. The highest BCUT2D eigenvalue weighted by atomic mass is 32.2. The Bertz CT molecular complexity index is 1540. The molecule has 2 N–H and O–H groups in total. The van der Waals surface area contributed by atoms with Gasteiger partial charge in [0.25, 0.3) is 11.8 Å². The Morgan fingerprint density at radius 3 is 2.36 bits per heavy atom. The molecule has 9 nitrogen and oxygen atoms in total. The fraction of sp³-hybridized carbons (Fsp3) is 0.433. The van der Waals surface area contributed by atoms with E-state index >= 15 is 8.78 Å². The summed E-state index contributed by atoms with van der Waals surface area (Å²) in [5, 5.41) is 17.2. The molecule has 0 fully saturated rings. The predicted molar refractivity (Wildman–Crippen MR) is 157 cm³/mol. The Labute approximate surface area is 245 Å². The standard InChI is InChI=1S/C30H38F2N4O5S/c1-8-15-30(31,32)25-20(9-2)16-33-17-24(25)41-28-19(4)26(35-36(28)29(5,6)7)27(38)34-23(18-37)21-11-13-22(14-12-21)42(39,40)10-3/h9,11-14,16-17,23,37H,2,8,10,15,18H2,1,3-7H3,(H,34,38). The van der Waals surface area contributed by atoms with Gasteiger partial charge < -0.3 is 15.2 Å². The van der Waals surface area contributed by atoms with E-state index in [0.717, 1.165) is 0 Å². The van der Waals surface area contributed by atoms with Crippen LogP contribution < -0.4 is 10.1 Å². The molecule has 1 amide bonds. The molecule has 0 saturated carbocycles. The molecular weight excluding hydrogens is 566 g/mol. The summed E-state index contributed by atoms with van der Waals surface area (Å²) in [6.45, 7) is 13.4. The Kier molecular flexibility index (Phi) is 9.94. The third-order valence-corrected chi connectivity index (χ3v) is 8.48. The number of nitrogens with zero attached hydrogens (tertiary/aromatic N) is 3. The number of hydrogen-bond acceptors (Lipinski definition) is 7. The molecule has 228 valence electrons. The van der Waals surface area contributed by atoms with Crippen LogP contribution in [0.25, 0.3) is 6.08 Å². The maximum absolute atomic E-state index is 15.3. The van der Waals surface area contributed by atoms with Crippen LogP contribution in [0.3, 0.4) is 0 Å². The van der Waals surface area contributed by atoms with Crippen molar-refractivity contribution in [1.82, 2.24) is 20.1 Å². The van der Waals surface area contributed by atoms with Crippen molar-refractivity contribution in [1.29, 1.82) is 0 Å². The van der Waals surface area contributed by atoms with Crippen LogP contribution >= 0.6 is 0 Å². The van der Waals surface area contributed by atoms with Crippen LogP contribution in [0.1, 0.15) is 86.2 Å². The Morgan fingerprint density at radius 2 is 1.83 bits per heavy atom. The average Bonchev–Trinajstić information content (AvgIpc) is 3.27. The number of sulfone groups is 1. The van der Waals surface area contributed by atoms with Gasteiger partial charge in [0.2, 0.25) is 5.88 Å². The molecule has 0 aliphatic heterocycles. The number of aliphatic hydroxyl groups is 1. The van der Waals surface area contributed by atoms with Crippen LogP contribution in [-0.4, -0.2) is 46.6 Å². The molecule has 0 aliphatic carbocycles. The van der Waals surface area contributed by atoms with E-state index in [1.165, 1.54) is 47.4 Å². The summed E-state index contributed by atoms with van der Waals surface area (Å²) < 4.78 is 62.4. The number of aromatic nitrogens is 3. The van der Waals surface area contributed by atoms with Gasteiger partial charge in [-0.2, -0.15) is 5.10 Å². The first-order valence-corrected chi connectivity index (χ1v) is 15.3. The van der Waals surface area contributed by atoms with Crippen LogP contribution in [0, 0.1) is 6.92 Å².